The number of ketones is 1. The van der Waals surface area contributed by atoms with Crippen LogP contribution in [0.4, 0.5) is 0 Å². The Hall–Kier alpha value is -2.07. The van der Waals surface area contributed by atoms with Gasteiger partial charge >= 0.3 is 5.97 Å². The van der Waals surface area contributed by atoms with Crippen molar-refractivity contribution in [2.45, 2.75) is 38.3 Å². The van der Waals surface area contributed by atoms with Crippen LogP contribution in [0.15, 0.2) is 12.1 Å². The number of halogens is 1. The average molecular weight is 391 g/mol. The Bertz CT molecular complexity index is 778. The van der Waals surface area contributed by atoms with Crippen LogP contribution in [-0.2, 0) is 4.74 Å². The van der Waals surface area contributed by atoms with Crippen LogP contribution in [0.2, 0.25) is 5.02 Å². The van der Waals surface area contributed by atoms with Crippen LogP contribution < -0.4 is 15.4 Å². The lowest BCUT2D eigenvalue weighted by Gasteiger charge is -2.24. The summed E-state index contributed by atoms with van der Waals surface area (Å²) in [7, 11) is 0. The van der Waals surface area contributed by atoms with E-state index in [9.17, 15) is 9.59 Å². The molecule has 2 N–H and O–H groups in total. The molecular formula is C20H23ClN2O4. The Kier molecular flexibility index (Phi) is 6.73. The number of nitrogens with one attached hydrogen (secondary N) is 2. The van der Waals surface area contributed by atoms with E-state index in [1.54, 1.807) is 0 Å². The first-order valence-corrected chi connectivity index (χ1v) is 9.62. The van der Waals surface area contributed by atoms with Gasteiger partial charge in [-0.1, -0.05) is 30.9 Å². The van der Waals surface area contributed by atoms with Crippen molar-refractivity contribution in [3.05, 3.63) is 28.3 Å². The largest absolute Gasteiger partial charge is 0.490 e. The number of benzene rings is 1. The zero-order chi connectivity index (χ0) is 19.2. The number of piperidine rings is 1. The fourth-order valence-corrected chi connectivity index (χ4v) is 3.30. The number of cyclic esters (lactones) is 1. The van der Waals surface area contributed by atoms with Crippen molar-refractivity contribution in [3.8, 4) is 17.6 Å². The number of fused-ring (bicyclic) bond motifs is 1. The van der Waals surface area contributed by atoms with Crippen LogP contribution >= 0.6 is 11.6 Å². The van der Waals surface area contributed by atoms with Gasteiger partial charge in [0.1, 0.15) is 12.4 Å². The Morgan fingerprint density at radius 2 is 2.19 bits per heavy atom. The molecule has 0 spiro atoms. The molecule has 3 rings (SSSR count). The topological polar surface area (TPSA) is 76.7 Å². The molecule has 1 aromatic rings. The minimum absolute atomic E-state index is 0.167. The summed E-state index contributed by atoms with van der Waals surface area (Å²) in [4.78, 5) is 24.9. The Morgan fingerprint density at radius 1 is 1.33 bits per heavy atom. The predicted octanol–water partition coefficient (Wildman–Crippen LogP) is 2.20. The molecule has 1 aromatic carbocycles. The Labute approximate surface area is 163 Å². The summed E-state index contributed by atoms with van der Waals surface area (Å²) >= 11 is 6.29. The molecule has 0 aliphatic carbocycles. The van der Waals surface area contributed by atoms with Crippen LogP contribution in [-0.4, -0.2) is 50.1 Å². The van der Waals surface area contributed by atoms with Crippen molar-refractivity contribution in [3.63, 3.8) is 0 Å². The summed E-state index contributed by atoms with van der Waals surface area (Å²) < 4.78 is 11.0. The number of esters is 1. The van der Waals surface area contributed by atoms with Crippen LogP contribution in [0.25, 0.3) is 0 Å². The number of carbonyl (C=O) groups is 2. The van der Waals surface area contributed by atoms with Crippen LogP contribution in [0.1, 0.15) is 46.9 Å². The standard InChI is InChI=1S/C20H23ClN2O4/c1-2-22-8-5-7-17-19(24)14-10-16(21)18(11-15(14)20(25)27-17)26-12-13-6-3-4-9-23-13/h10-11,13,17,22-23H,2-4,6,8-9,12H2,1H3. The summed E-state index contributed by atoms with van der Waals surface area (Å²) in [6.45, 7) is 4.58. The van der Waals surface area contributed by atoms with Gasteiger partial charge in [-0.3, -0.25) is 4.79 Å². The van der Waals surface area contributed by atoms with Crippen molar-refractivity contribution in [1.82, 2.24) is 10.6 Å². The van der Waals surface area contributed by atoms with Gasteiger partial charge in [0.25, 0.3) is 0 Å². The molecule has 6 nitrogen and oxygen atoms in total. The second-order valence-electron chi connectivity index (χ2n) is 6.54. The number of hydrogen-bond donors (Lipinski definition) is 2. The molecule has 144 valence electrons. The van der Waals surface area contributed by atoms with E-state index < -0.39 is 12.1 Å². The Balaban J connectivity index is 1.74. The summed E-state index contributed by atoms with van der Waals surface area (Å²) in [6.07, 6.45) is 2.27. The van der Waals surface area contributed by atoms with E-state index >= 15 is 0 Å². The highest BCUT2D eigenvalue weighted by Gasteiger charge is 2.34. The van der Waals surface area contributed by atoms with Crippen LogP contribution in [0.5, 0.6) is 5.75 Å². The van der Waals surface area contributed by atoms with E-state index in [2.05, 4.69) is 22.5 Å². The zero-order valence-corrected chi connectivity index (χ0v) is 16.0. The van der Waals surface area contributed by atoms with Gasteiger partial charge in [0.05, 0.1) is 17.1 Å². The SMILES string of the molecule is CCNCC#CC1OC(=O)c2cc(OCC3CCCCN3)c(Cl)cc2C1=O. The molecule has 2 atom stereocenters. The summed E-state index contributed by atoms with van der Waals surface area (Å²) in [5.41, 5.74) is 0.392. The molecule has 2 heterocycles. The number of Topliss-reactive ketones (excluding diaryl/α,β-unsaturated/α-hetero) is 1. The van der Waals surface area contributed by atoms with E-state index in [4.69, 9.17) is 21.1 Å². The molecule has 0 radical (unpaired) electrons. The van der Waals surface area contributed by atoms with Crippen molar-refractivity contribution < 1.29 is 19.1 Å². The van der Waals surface area contributed by atoms with Crippen LogP contribution in [0, 0.1) is 11.8 Å². The summed E-state index contributed by atoms with van der Waals surface area (Å²) in [5.74, 6) is 4.91. The molecule has 1 saturated heterocycles. The average Bonchev–Trinajstić information content (AvgIpc) is 2.68. The second-order valence-corrected chi connectivity index (χ2v) is 6.94. The van der Waals surface area contributed by atoms with Gasteiger partial charge < -0.3 is 20.1 Å². The highest BCUT2D eigenvalue weighted by atomic mass is 35.5. The molecular weight excluding hydrogens is 368 g/mol. The minimum Gasteiger partial charge on any atom is -0.490 e. The molecule has 7 heteroatoms. The van der Waals surface area contributed by atoms with Crippen molar-refractivity contribution in [1.29, 1.82) is 0 Å². The molecule has 0 bridgehead atoms. The molecule has 0 saturated carbocycles. The fourth-order valence-electron chi connectivity index (χ4n) is 3.08. The first-order chi connectivity index (χ1) is 13.1. The third-order valence-electron chi connectivity index (χ3n) is 4.57. The number of carbonyl (C=O) groups excluding carboxylic acids is 2. The third-order valence-corrected chi connectivity index (χ3v) is 4.86. The van der Waals surface area contributed by atoms with Crippen molar-refractivity contribution >= 4 is 23.4 Å². The molecule has 2 unspecified atom stereocenters. The number of hydrogen-bond acceptors (Lipinski definition) is 6. The van der Waals surface area contributed by atoms with Gasteiger partial charge in [-0.2, -0.15) is 0 Å². The monoisotopic (exact) mass is 390 g/mol. The highest BCUT2D eigenvalue weighted by Crippen LogP contribution is 2.32. The molecule has 27 heavy (non-hydrogen) atoms. The van der Waals surface area contributed by atoms with E-state index in [1.165, 1.54) is 18.6 Å². The van der Waals surface area contributed by atoms with E-state index in [1.807, 2.05) is 6.92 Å². The van der Waals surface area contributed by atoms with Crippen molar-refractivity contribution in [2.24, 2.45) is 0 Å². The van der Waals surface area contributed by atoms with Gasteiger partial charge in [0.2, 0.25) is 11.9 Å². The number of rotatable bonds is 5. The molecule has 2 aliphatic rings. The van der Waals surface area contributed by atoms with Gasteiger partial charge in [0, 0.05) is 11.6 Å². The first kappa shape index (κ1) is 19.7. The minimum atomic E-state index is -1.10. The van der Waals surface area contributed by atoms with Gasteiger partial charge in [0.15, 0.2) is 0 Å². The van der Waals surface area contributed by atoms with E-state index in [-0.39, 0.29) is 23.0 Å². The summed E-state index contributed by atoms with van der Waals surface area (Å²) in [6, 6.07) is 3.22. The second kappa shape index (κ2) is 9.23. The lowest BCUT2D eigenvalue weighted by atomic mass is 9.97. The first-order valence-electron chi connectivity index (χ1n) is 9.24. The highest BCUT2D eigenvalue weighted by molar-refractivity contribution is 6.33. The maximum atomic E-state index is 12.6. The quantitative estimate of drug-likeness (QED) is 0.456. The molecule has 1 fully saturated rings. The summed E-state index contributed by atoms with van der Waals surface area (Å²) in [5, 5.41) is 6.71. The van der Waals surface area contributed by atoms with Crippen molar-refractivity contribution in [2.75, 3.05) is 26.2 Å². The number of ether oxygens (including phenoxy) is 2. The smallest absolute Gasteiger partial charge is 0.340 e. The lowest BCUT2D eigenvalue weighted by molar-refractivity contribution is 0.0344. The normalized spacial score (nSPS) is 21.7. The third kappa shape index (κ3) is 4.81. The molecule has 0 amide bonds. The van der Waals surface area contributed by atoms with Crippen LogP contribution in [0.3, 0.4) is 0 Å². The zero-order valence-electron chi connectivity index (χ0n) is 15.3. The lowest BCUT2D eigenvalue weighted by Crippen LogP contribution is -2.38. The van der Waals surface area contributed by atoms with E-state index in [0.717, 1.165) is 25.9 Å². The predicted molar refractivity (Wildman–Crippen MR) is 102 cm³/mol. The van der Waals surface area contributed by atoms with Gasteiger partial charge in [-0.25, -0.2) is 4.79 Å². The fraction of sp³-hybridized carbons (Fsp3) is 0.500. The van der Waals surface area contributed by atoms with Gasteiger partial charge in [-0.15, -0.1) is 0 Å². The molecule has 2 aliphatic heterocycles. The Morgan fingerprint density at radius 3 is 2.93 bits per heavy atom. The molecule has 0 aromatic heterocycles. The van der Waals surface area contributed by atoms with E-state index in [0.29, 0.717) is 23.9 Å². The maximum absolute atomic E-state index is 12.6. The maximum Gasteiger partial charge on any atom is 0.340 e. The van der Waals surface area contributed by atoms with Gasteiger partial charge in [-0.05, 0) is 44.0 Å².